The Hall–Kier alpha value is -5.40. The lowest BCUT2D eigenvalue weighted by Crippen LogP contribution is -2.13. The first kappa shape index (κ1) is 26.0. The van der Waals surface area contributed by atoms with Crippen molar-refractivity contribution in [2.45, 2.75) is 26.2 Å². The monoisotopic (exact) mass is 581 g/mol. The van der Waals surface area contributed by atoms with Gasteiger partial charge in [0.2, 0.25) is 0 Å². The van der Waals surface area contributed by atoms with Crippen molar-refractivity contribution >= 4 is 50.7 Å². The second-order valence-electron chi connectivity index (χ2n) is 12.5. The van der Waals surface area contributed by atoms with Gasteiger partial charge in [0, 0.05) is 17.1 Å². The van der Waals surface area contributed by atoms with Crippen molar-refractivity contribution in [1.29, 1.82) is 0 Å². The number of benzene rings is 7. The number of nitrogens with zero attached hydrogens (tertiary/aromatic N) is 1. The van der Waals surface area contributed by atoms with Crippen LogP contribution in [-0.4, -0.2) is 0 Å². The summed E-state index contributed by atoms with van der Waals surface area (Å²) in [6.07, 6.45) is 0. The number of para-hydroxylation sites is 2. The molecular weight excluding hydrogens is 542 g/mol. The second-order valence-corrected chi connectivity index (χ2v) is 12.5. The summed E-state index contributed by atoms with van der Waals surface area (Å²) in [6, 6.07) is 54.4. The highest BCUT2D eigenvalue weighted by Gasteiger charge is 2.23. The van der Waals surface area contributed by atoms with E-state index in [2.05, 4.69) is 111 Å². The molecule has 1 heteroatoms. The second kappa shape index (κ2) is 11.9. The van der Waals surface area contributed by atoms with Gasteiger partial charge in [-0.1, -0.05) is 154 Å². The fourth-order valence-corrected chi connectivity index (χ4v) is 6.41. The predicted octanol–water partition coefficient (Wildman–Crippen LogP) is 12.6. The lowest BCUT2D eigenvalue weighted by atomic mass is 9.78. The van der Waals surface area contributed by atoms with E-state index in [1.807, 2.05) is 72.8 Å². The molecule has 0 aliphatic rings. The van der Waals surface area contributed by atoms with E-state index in [-0.39, 0.29) is 17.5 Å². The van der Waals surface area contributed by atoms with Crippen molar-refractivity contribution in [2.75, 3.05) is 4.90 Å². The van der Waals surface area contributed by atoms with Gasteiger partial charge in [0.05, 0.1) is 2.74 Å². The molecule has 0 fully saturated rings. The Balaban J connectivity index is 1.25. The smallest absolute Gasteiger partial charge is 0.0629 e. The standard InChI is InChI=1S/C44H37N/c1-44(2,3)43-40-20-12-10-18-38(40)42(39-19-11-13-21-41(39)43)34-28-24-32(25-29-34)22-23-33-26-30-37(31-27-33)45(35-14-6-4-7-15-35)36-16-8-5-9-17-36/h4-31H,1-3H3/b23-22+/i22D,23D. The van der Waals surface area contributed by atoms with E-state index in [4.69, 9.17) is 2.74 Å². The summed E-state index contributed by atoms with van der Waals surface area (Å²) >= 11 is 0. The number of hydrogen-bond donors (Lipinski definition) is 0. The van der Waals surface area contributed by atoms with Gasteiger partial charge < -0.3 is 4.90 Å². The van der Waals surface area contributed by atoms with Gasteiger partial charge in [-0.05, 0) is 91.2 Å². The third-order valence-electron chi connectivity index (χ3n) is 8.36. The first-order valence-electron chi connectivity index (χ1n) is 16.5. The fraction of sp³-hybridized carbons (Fsp3) is 0.0909. The first-order valence-corrected chi connectivity index (χ1v) is 15.5. The Labute approximate surface area is 269 Å². The Morgan fingerprint density at radius 1 is 0.444 bits per heavy atom. The van der Waals surface area contributed by atoms with Gasteiger partial charge in [0.15, 0.2) is 0 Å². The van der Waals surface area contributed by atoms with Crippen molar-refractivity contribution in [1.82, 2.24) is 0 Å². The van der Waals surface area contributed by atoms with E-state index in [1.54, 1.807) is 0 Å². The molecule has 0 amide bonds. The molecule has 0 aliphatic carbocycles. The number of hydrogen-bond acceptors (Lipinski definition) is 1. The normalized spacial score (nSPS) is 12.9. The molecule has 0 radical (unpaired) electrons. The van der Waals surface area contributed by atoms with E-state index in [0.717, 1.165) is 28.2 Å². The SMILES string of the molecule is [2H]/C(=C(/[2H])c1ccc(N(c2ccccc2)c2ccccc2)cc1)c1ccc(-c2c3ccccc3c(C(C)(C)C)c3ccccc23)cc1. The van der Waals surface area contributed by atoms with Gasteiger partial charge in [-0.25, -0.2) is 0 Å². The van der Waals surface area contributed by atoms with Crippen molar-refractivity contribution in [2.24, 2.45) is 0 Å². The van der Waals surface area contributed by atoms with E-state index < -0.39 is 0 Å². The van der Waals surface area contributed by atoms with Gasteiger partial charge in [-0.15, -0.1) is 0 Å². The largest absolute Gasteiger partial charge is 0.311 e. The minimum atomic E-state index is -0.0172. The fourth-order valence-electron chi connectivity index (χ4n) is 6.41. The molecule has 1 nitrogen and oxygen atoms in total. The van der Waals surface area contributed by atoms with Crippen molar-refractivity contribution in [3.05, 3.63) is 174 Å². The quantitative estimate of drug-likeness (QED) is 0.139. The Morgan fingerprint density at radius 2 is 0.822 bits per heavy atom. The molecule has 7 rings (SSSR count). The molecular formula is C44H37N. The van der Waals surface area contributed by atoms with Gasteiger partial charge >= 0.3 is 0 Å². The van der Waals surface area contributed by atoms with Gasteiger partial charge in [0.1, 0.15) is 0 Å². The minimum absolute atomic E-state index is 0.0172. The maximum Gasteiger partial charge on any atom is 0.0629 e. The molecule has 7 aromatic rings. The van der Waals surface area contributed by atoms with Crippen LogP contribution in [0.15, 0.2) is 158 Å². The van der Waals surface area contributed by atoms with Crippen molar-refractivity contribution in [3.63, 3.8) is 0 Å². The van der Waals surface area contributed by atoms with E-state index in [0.29, 0.717) is 5.56 Å². The highest BCUT2D eigenvalue weighted by atomic mass is 15.1. The summed E-state index contributed by atoms with van der Waals surface area (Å²) in [5.74, 6) is 0. The van der Waals surface area contributed by atoms with E-state index in [1.165, 1.54) is 32.7 Å². The first-order chi connectivity index (χ1) is 22.8. The van der Waals surface area contributed by atoms with Crippen molar-refractivity contribution < 1.29 is 2.74 Å². The molecule has 218 valence electrons. The Bertz CT molecular complexity index is 2110. The topological polar surface area (TPSA) is 3.24 Å². The summed E-state index contributed by atoms with van der Waals surface area (Å²) < 4.78 is 17.9. The molecule has 0 saturated carbocycles. The van der Waals surface area contributed by atoms with Crippen LogP contribution in [0.4, 0.5) is 17.1 Å². The Morgan fingerprint density at radius 3 is 1.27 bits per heavy atom. The molecule has 45 heavy (non-hydrogen) atoms. The molecule has 0 heterocycles. The highest BCUT2D eigenvalue weighted by Crippen LogP contribution is 2.43. The molecule has 0 saturated heterocycles. The van der Waals surface area contributed by atoms with Gasteiger partial charge in [-0.2, -0.15) is 0 Å². The van der Waals surface area contributed by atoms with Crippen LogP contribution in [0.25, 0.3) is 44.8 Å². The predicted molar refractivity (Wildman–Crippen MR) is 196 cm³/mol. The summed E-state index contributed by atoms with van der Waals surface area (Å²) in [4.78, 5) is 2.19. The molecule has 0 unspecified atom stereocenters. The van der Waals surface area contributed by atoms with Crippen LogP contribution < -0.4 is 4.90 Å². The number of anilines is 3. The van der Waals surface area contributed by atoms with Crippen LogP contribution in [0.5, 0.6) is 0 Å². The van der Waals surface area contributed by atoms with Crippen LogP contribution in [0.3, 0.4) is 0 Å². The van der Waals surface area contributed by atoms with Crippen LogP contribution >= 0.6 is 0 Å². The lowest BCUT2D eigenvalue weighted by Gasteiger charge is -2.26. The number of fused-ring (bicyclic) bond motifs is 2. The van der Waals surface area contributed by atoms with Gasteiger partial charge in [-0.3, -0.25) is 0 Å². The zero-order chi connectivity index (χ0) is 32.5. The summed E-state index contributed by atoms with van der Waals surface area (Å²) in [5.41, 5.74) is 8.19. The third kappa shape index (κ3) is 5.66. The molecule has 0 bridgehead atoms. The lowest BCUT2D eigenvalue weighted by molar-refractivity contribution is 0.601. The summed E-state index contributed by atoms with van der Waals surface area (Å²) in [5, 5.41) is 5.00. The Kier molecular flexibility index (Phi) is 6.91. The molecule has 0 atom stereocenters. The zero-order valence-electron chi connectivity index (χ0n) is 28.0. The molecule has 0 spiro atoms. The highest BCUT2D eigenvalue weighted by molar-refractivity contribution is 6.15. The van der Waals surface area contributed by atoms with Gasteiger partial charge in [0.25, 0.3) is 0 Å². The minimum Gasteiger partial charge on any atom is -0.311 e. The third-order valence-corrected chi connectivity index (χ3v) is 8.36. The molecule has 7 aromatic carbocycles. The maximum atomic E-state index is 8.98. The average molecular weight is 582 g/mol. The maximum absolute atomic E-state index is 8.98. The van der Waals surface area contributed by atoms with Crippen LogP contribution in [-0.2, 0) is 5.41 Å². The molecule has 0 N–H and O–H groups in total. The van der Waals surface area contributed by atoms with E-state index >= 15 is 0 Å². The summed E-state index contributed by atoms with van der Waals surface area (Å²) in [6.45, 7) is 6.85. The number of rotatable bonds is 6. The molecule has 0 aromatic heterocycles. The zero-order valence-corrected chi connectivity index (χ0v) is 26.0. The average Bonchev–Trinajstić information content (AvgIpc) is 3.11. The van der Waals surface area contributed by atoms with Crippen molar-refractivity contribution in [3.8, 4) is 11.1 Å². The molecule has 0 aliphatic heterocycles. The van der Waals surface area contributed by atoms with E-state index in [9.17, 15) is 0 Å². The summed E-state index contributed by atoms with van der Waals surface area (Å²) in [7, 11) is 0. The van der Waals surface area contributed by atoms with Crippen LogP contribution in [0.2, 0.25) is 0 Å². The van der Waals surface area contributed by atoms with Crippen LogP contribution in [0, 0.1) is 0 Å². The van der Waals surface area contributed by atoms with Crippen LogP contribution in [0.1, 0.15) is 40.2 Å².